The Morgan fingerprint density at radius 3 is 2.11 bits per heavy atom. The molecule has 19 heavy (non-hydrogen) atoms. The van der Waals surface area contributed by atoms with Crippen molar-refractivity contribution < 1.29 is 9.84 Å². The van der Waals surface area contributed by atoms with E-state index in [0.29, 0.717) is 0 Å². The summed E-state index contributed by atoms with van der Waals surface area (Å²) in [5.41, 5.74) is 2.85. The summed E-state index contributed by atoms with van der Waals surface area (Å²) in [5.74, 6) is 1.11. The molecule has 0 radical (unpaired) electrons. The van der Waals surface area contributed by atoms with Crippen LogP contribution in [0.15, 0.2) is 48.5 Å². The van der Waals surface area contributed by atoms with Crippen molar-refractivity contribution in [2.45, 2.75) is 26.2 Å². The molecule has 1 aromatic carbocycles. The molecule has 0 saturated carbocycles. The lowest BCUT2D eigenvalue weighted by atomic mass is 10.3. The molecule has 0 aromatic heterocycles. The van der Waals surface area contributed by atoms with Crippen LogP contribution >= 0.6 is 0 Å². The average molecular weight is 256 g/mol. The van der Waals surface area contributed by atoms with Gasteiger partial charge in [0.05, 0.1) is 6.61 Å². The molecule has 0 heterocycles. The topological polar surface area (TPSA) is 29.5 Å². The van der Waals surface area contributed by atoms with Gasteiger partial charge >= 0.3 is 0 Å². The molecule has 0 bridgehead atoms. The molecule has 2 heteroatoms. The summed E-state index contributed by atoms with van der Waals surface area (Å²) in [6.07, 6.45) is 3.51. The second kappa shape index (κ2) is 6.83. The van der Waals surface area contributed by atoms with Crippen LogP contribution in [0.5, 0.6) is 11.5 Å². The van der Waals surface area contributed by atoms with Gasteiger partial charge in [-0.1, -0.05) is 38.0 Å². The summed E-state index contributed by atoms with van der Waals surface area (Å²) in [6.45, 7) is 2.93. The van der Waals surface area contributed by atoms with Crippen molar-refractivity contribution in [3.63, 3.8) is 0 Å². The van der Waals surface area contributed by atoms with Gasteiger partial charge in [0.1, 0.15) is 11.5 Å². The Bertz CT molecular complexity index is 486. The number of phenols is 1. The zero-order valence-corrected chi connectivity index (χ0v) is 11.3. The van der Waals surface area contributed by atoms with E-state index in [1.54, 1.807) is 24.3 Å². The van der Waals surface area contributed by atoms with E-state index in [-0.39, 0.29) is 5.75 Å². The SMILES string of the molecule is CCCCCOc1ccc(O)cc1.c1cc2cc-2c1. The van der Waals surface area contributed by atoms with Gasteiger partial charge in [0.2, 0.25) is 0 Å². The van der Waals surface area contributed by atoms with Gasteiger partial charge in [-0.25, -0.2) is 0 Å². The molecule has 100 valence electrons. The lowest BCUT2D eigenvalue weighted by Gasteiger charge is -2.04. The number of aromatic hydroxyl groups is 1. The fourth-order valence-electron chi connectivity index (χ4n) is 1.76. The number of hydrogen-bond donors (Lipinski definition) is 1. The third kappa shape index (κ3) is 4.66. The van der Waals surface area contributed by atoms with Crippen LogP contribution in [0.3, 0.4) is 0 Å². The minimum absolute atomic E-state index is 0.279. The summed E-state index contributed by atoms with van der Waals surface area (Å²) >= 11 is 0. The van der Waals surface area contributed by atoms with E-state index < -0.39 is 0 Å². The summed E-state index contributed by atoms with van der Waals surface area (Å²) in [4.78, 5) is 0. The first kappa shape index (κ1) is 13.5. The summed E-state index contributed by atoms with van der Waals surface area (Å²) in [6, 6.07) is 15.3. The number of fused-ring (bicyclic) bond motifs is 1. The van der Waals surface area contributed by atoms with Crippen molar-refractivity contribution in [3.8, 4) is 22.6 Å². The van der Waals surface area contributed by atoms with Crippen LogP contribution in [0.4, 0.5) is 0 Å². The van der Waals surface area contributed by atoms with Gasteiger partial charge in [-0.3, -0.25) is 0 Å². The molecule has 3 rings (SSSR count). The van der Waals surface area contributed by atoms with Gasteiger partial charge in [0, 0.05) is 0 Å². The highest BCUT2D eigenvalue weighted by Gasteiger charge is 2.06. The summed E-state index contributed by atoms with van der Waals surface area (Å²) < 4.78 is 5.45. The molecule has 0 spiro atoms. The smallest absolute Gasteiger partial charge is 0.119 e. The highest BCUT2D eigenvalue weighted by Crippen LogP contribution is 2.32. The van der Waals surface area contributed by atoms with Gasteiger partial charge in [-0.2, -0.15) is 0 Å². The first-order valence-electron chi connectivity index (χ1n) is 6.82. The van der Waals surface area contributed by atoms with Gasteiger partial charge in [0.15, 0.2) is 0 Å². The zero-order chi connectivity index (χ0) is 13.5. The Balaban J connectivity index is 0.000000180. The van der Waals surface area contributed by atoms with E-state index >= 15 is 0 Å². The Hall–Kier alpha value is -1.96. The Morgan fingerprint density at radius 2 is 1.63 bits per heavy atom. The van der Waals surface area contributed by atoms with Crippen molar-refractivity contribution in [2.24, 2.45) is 0 Å². The Labute approximate surface area is 114 Å². The molecule has 0 unspecified atom stereocenters. The van der Waals surface area contributed by atoms with Crippen molar-refractivity contribution in [2.75, 3.05) is 6.61 Å². The molecule has 2 aliphatic carbocycles. The van der Waals surface area contributed by atoms with Gasteiger partial charge < -0.3 is 9.84 Å². The molecule has 1 N–H and O–H groups in total. The fourth-order valence-corrected chi connectivity index (χ4v) is 1.76. The second-order valence-electron chi connectivity index (χ2n) is 4.63. The molecule has 2 aliphatic rings. The molecular weight excluding hydrogens is 236 g/mol. The number of unbranched alkanes of at least 4 members (excludes halogenated alkanes) is 2. The lowest BCUT2D eigenvalue weighted by molar-refractivity contribution is 0.306. The highest BCUT2D eigenvalue weighted by molar-refractivity contribution is 5.80. The maximum atomic E-state index is 9.01. The third-order valence-electron chi connectivity index (χ3n) is 2.97. The first-order valence-corrected chi connectivity index (χ1v) is 6.82. The Kier molecular flexibility index (Phi) is 4.85. The monoisotopic (exact) mass is 256 g/mol. The molecule has 0 aliphatic heterocycles. The maximum absolute atomic E-state index is 9.01. The first-order chi connectivity index (χ1) is 9.29. The average Bonchev–Trinajstić information content (AvgIpc) is 3.04. The molecule has 0 amide bonds. The van der Waals surface area contributed by atoms with E-state index in [0.717, 1.165) is 18.8 Å². The summed E-state index contributed by atoms with van der Waals surface area (Å²) in [7, 11) is 0. The number of ether oxygens (including phenoxy) is 1. The van der Waals surface area contributed by atoms with E-state index in [2.05, 4.69) is 31.2 Å². The van der Waals surface area contributed by atoms with Gasteiger partial charge in [-0.05, 0) is 47.9 Å². The predicted octanol–water partition coefficient (Wildman–Crippen LogP) is 4.63. The number of hydrogen-bond acceptors (Lipinski definition) is 2. The van der Waals surface area contributed by atoms with Crippen molar-refractivity contribution in [1.82, 2.24) is 0 Å². The molecule has 0 atom stereocenters. The normalized spacial score (nSPS) is 10.4. The van der Waals surface area contributed by atoms with Crippen molar-refractivity contribution in [3.05, 3.63) is 48.5 Å². The second-order valence-corrected chi connectivity index (χ2v) is 4.63. The van der Waals surface area contributed by atoms with Gasteiger partial charge in [-0.15, -0.1) is 0 Å². The number of benzene rings is 2. The molecular formula is C17H20O2. The summed E-state index contributed by atoms with van der Waals surface area (Å²) in [5, 5.41) is 9.01. The van der Waals surface area contributed by atoms with E-state index in [1.165, 1.54) is 24.0 Å². The van der Waals surface area contributed by atoms with Crippen LogP contribution in [0.25, 0.3) is 11.1 Å². The van der Waals surface area contributed by atoms with E-state index in [1.807, 2.05) is 0 Å². The fraction of sp³-hybridized carbons (Fsp3) is 0.294. The minimum Gasteiger partial charge on any atom is -0.508 e. The largest absolute Gasteiger partial charge is 0.508 e. The number of phenolic OH excluding ortho intramolecular Hbond substituents is 1. The third-order valence-corrected chi connectivity index (χ3v) is 2.97. The lowest BCUT2D eigenvalue weighted by Crippen LogP contribution is -1.96. The van der Waals surface area contributed by atoms with Crippen LogP contribution in [-0.2, 0) is 0 Å². The molecule has 2 nitrogen and oxygen atoms in total. The van der Waals surface area contributed by atoms with Crippen LogP contribution in [0, 0.1) is 0 Å². The molecule has 1 aromatic rings. The molecule has 0 fully saturated rings. The quantitative estimate of drug-likeness (QED) is 0.674. The van der Waals surface area contributed by atoms with Crippen LogP contribution in [0.2, 0.25) is 0 Å². The predicted molar refractivity (Wildman–Crippen MR) is 78.6 cm³/mol. The zero-order valence-electron chi connectivity index (χ0n) is 11.3. The highest BCUT2D eigenvalue weighted by atomic mass is 16.5. The standard InChI is InChI=1S/C11H16O2.C6H4/c1-2-3-4-9-13-11-7-5-10(12)6-8-11;1-2-5-4-6(5)3-1/h5-8,12H,2-4,9H2,1H3;1-4H. The van der Waals surface area contributed by atoms with Crippen LogP contribution in [-0.4, -0.2) is 11.7 Å². The molecule has 0 saturated heterocycles. The number of rotatable bonds is 5. The van der Waals surface area contributed by atoms with Gasteiger partial charge in [0.25, 0.3) is 0 Å². The van der Waals surface area contributed by atoms with E-state index in [9.17, 15) is 0 Å². The van der Waals surface area contributed by atoms with Crippen molar-refractivity contribution >= 4 is 0 Å². The van der Waals surface area contributed by atoms with E-state index in [4.69, 9.17) is 9.84 Å². The van der Waals surface area contributed by atoms with Crippen molar-refractivity contribution in [1.29, 1.82) is 0 Å². The minimum atomic E-state index is 0.279. The Morgan fingerprint density at radius 1 is 0.947 bits per heavy atom. The van der Waals surface area contributed by atoms with Crippen LogP contribution < -0.4 is 4.74 Å². The van der Waals surface area contributed by atoms with Crippen LogP contribution in [0.1, 0.15) is 26.2 Å². The maximum Gasteiger partial charge on any atom is 0.119 e.